The summed E-state index contributed by atoms with van der Waals surface area (Å²) in [4.78, 5) is 11.8. The Kier molecular flexibility index (Phi) is 3.04. The van der Waals surface area contributed by atoms with Crippen molar-refractivity contribution in [1.82, 2.24) is 0 Å². The third-order valence-corrected chi connectivity index (χ3v) is 3.64. The molecule has 0 saturated heterocycles. The number of rotatable bonds is 2. The zero-order valence-corrected chi connectivity index (χ0v) is 11.2. The lowest BCUT2D eigenvalue weighted by atomic mass is 9.93. The molecule has 2 rings (SSSR count). The molecule has 0 fully saturated rings. The Balaban J connectivity index is 2.53. The van der Waals surface area contributed by atoms with Crippen LogP contribution in [0.3, 0.4) is 0 Å². The van der Waals surface area contributed by atoms with Gasteiger partial charge in [-0.2, -0.15) is 12.6 Å². The molecule has 3 heteroatoms. The van der Waals surface area contributed by atoms with Crippen LogP contribution in [0.4, 0.5) is 0 Å². The van der Waals surface area contributed by atoms with Crippen LogP contribution in [-0.4, -0.2) is 17.8 Å². The van der Waals surface area contributed by atoms with Crippen LogP contribution in [-0.2, 0) is 16.0 Å². The normalized spacial score (nSPS) is 17.6. The second-order valence-electron chi connectivity index (χ2n) is 4.55. The van der Waals surface area contributed by atoms with E-state index in [0.717, 1.165) is 17.6 Å². The summed E-state index contributed by atoms with van der Waals surface area (Å²) < 4.78 is 3.96. The van der Waals surface area contributed by atoms with Crippen LogP contribution in [0, 0.1) is 0 Å². The van der Waals surface area contributed by atoms with Crippen LogP contribution in [0.1, 0.15) is 25.0 Å². The summed E-state index contributed by atoms with van der Waals surface area (Å²) >= 11 is 4.51. The summed E-state index contributed by atoms with van der Waals surface area (Å²) in [6.45, 7) is 3.84. The molecule has 0 amide bonds. The summed E-state index contributed by atoms with van der Waals surface area (Å²) in [5, 5.41) is 0. The summed E-state index contributed by atoms with van der Waals surface area (Å²) in [5.74, 6) is -0.313. The van der Waals surface area contributed by atoms with E-state index in [1.807, 2.05) is 25.1 Å². The number of carbonyl (C=O) groups excluding carboxylic acids is 1. The zero-order valence-electron chi connectivity index (χ0n) is 10.3. The number of hydrogen-bond donors (Lipinski definition) is 1. The zero-order chi connectivity index (χ0) is 12.6. The largest absolute Gasteiger partial charge is 0.468 e. The minimum Gasteiger partial charge on any atom is -0.468 e. The molecule has 1 atom stereocenters. The second kappa shape index (κ2) is 4.22. The third kappa shape index (κ3) is 1.89. The topological polar surface area (TPSA) is 26.3 Å². The number of methoxy groups -OCH3 is 1. The fraction of sp³-hybridized carbons (Fsp3) is 0.357. The van der Waals surface area contributed by atoms with Gasteiger partial charge in [0, 0.05) is 0 Å². The number of ether oxygens (including phenoxy) is 1. The molecule has 0 aliphatic heterocycles. The summed E-state index contributed by atoms with van der Waals surface area (Å²) in [6.07, 6.45) is 0.888. The van der Waals surface area contributed by atoms with Gasteiger partial charge in [-0.3, -0.25) is 4.79 Å². The maximum absolute atomic E-state index is 11.8. The standard InChI is InChI=1S/C14H16O2S/c1-9-8-10-6-4-5-7-11(10)12(9)14(2,17)13(15)16-3/h4-7,17H,8H2,1-3H3. The molecule has 1 aliphatic carbocycles. The van der Waals surface area contributed by atoms with Gasteiger partial charge in [-0.1, -0.05) is 29.8 Å². The van der Waals surface area contributed by atoms with Gasteiger partial charge in [0.1, 0.15) is 4.75 Å². The van der Waals surface area contributed by atoms with Gasteiger partial charge in [-0.25, -0.2) is 0 Å². The number of allylic oxidation sites excluding steroid dienone is 1. The predicted molar refractivity (Wildman–Crippen MR) is 72.1 cm³/mol. The molecule has 1 aromatic rings. The van der Waals surface area contributed by atoms with E-state index >= 15 is 0 Å². The molecule has 90 valence electrons. The Labute approximate surface area is 107 Å². The van der Waals surface area contributed by atoms with E-state index in [0.29, 0.717) is 0 Å². The molecule has 1 aliphatic rings. The summed E-state index contributed by atoms with van der Waals surface area (Å²) in [5.41, 5.74) is 4.55. The van der Waals surface area contributed by atoms with Gasteiger partial charge in [0.05, 0.1) is 7.11 Å². The average Bonchev–Trinajstić information content (AvgIpc) is 2.64. The van der Waals surface area contributed by atoms with Crippen molar-refractivity contribution in [2.75, 3.05) is 7.11 Å². The van der Waals surface area contributed by atoms with Crippen LogP contribution in [0.15, 0.2) is 29.8 Å². The molecule has 0 bridgehead atoms. The Morgan fingerprint density at radius 1 is 1.41 bits per heavy atom. The summed E-state index contributed by atoms with van der Waals surface area (Å²) in [6, 6.07) is 8.13. The van der Waals surface area contributed by atoms with Crippen molar-refractivity contribution in [3.05, 3.63) is 41.0 Å². The van der Waals surface area contributed by atoms with Gasteiger partial charge in [-0.15, -0.1) is 0 Å². The molecule has 0 saturated carbocycles. The van der Waals surface area contributed by atoms with Crippen LogP contribution < -0.4 is 0 Å². The smallest absolute Gasteiger partial charge is 0.325 e. The van der Waals surface area contributed by atoms with Crippen molar-refractivity contribution in [3.8, 4) is 0 Å². The number of esters is 1. The Morgan fingerprint density at radius 2 is 2.06 bits per heavy atom. The number of fused-ring (bicyclic) bond motifs is 1. The van der Waals surface area contributed by atoms with Gasteiger partial charge in [0.2, 0.25) is 0 Å². The fourth-order valence-electron chi connectivity index (χ4n) is 2.50. The van der Waals surface area contributed by atoms with E-state index in [1.54, 1.807) is 6.92 Å². The molecule has 0 radical (unpaired) electrons. The lowest BCUT2D eigenvalue weighted by Gasteiger charge is -2.24. The Bertz CT molecular complexity index is 501. The highest BCUT2D eigenvalue weighted by atomic mass is 32.1. The molecule has 17 heavy (non-hydrogen) atoms. The van der Waals surface area contributed by atoms with Crippen molar-refractivity contribution in [2.24, 2.45) is 0 Å². The molecule has 2 nitrogen and oxygen atoms in total. The van der Waals surface area contributed by atoms with Crippen LogP contribution >= 0.6 is 12.6 Å². The molecule has 0 N–H and O–H groups in total. The Morgan fingerprint density at radius 3 is 2.71 bits per heavy atom. The van der Waals surface area contributed by atoms with Crippen LogP contribution in [0.2, 0.25) is 0 Å². The van der Waals surface area contributed by atoms with Gasteiger partial charge in [-0.05, 0) is 37.0 Å². The third-order valence-electron chi connectivity index (χ3n) is 3.24. The highest BCUT2D eigenvalue weighted by Gasteiger charge is 2.39. The fourth-order valence-corrected chi connectivity index (χ4v) is 2.90. The molecule has 1 unspecified atom stereocenters. The molecule has 1 aromatic carbocycles. The van der Waals surface area contributed by atoms with E-state index in [4.69, 9.17) is 4.74 Å². The molecular weight excluding hydrogens is 232 g/mol. The minimum absolute atomic E-state index is 0.313. The first kappa shape index (κ1) is 12.2. The first-order valence-corrected chi connectivity index (χ1v) is 6.02. The Hall–Kier alpha value is -1.22. The van der Waals surface area contributed by atoms with E-state index in [1.165, 1.54) is 18.2 Å². The highest BCUT2D eigenvalue weighted by molar-refractivity contribution is 7.83. The first-order valence-electron chi connectivity index (χ1n) is 5.57. The number of carbonyl (C=O) groups is 1. The van der Waals surface area contributed by atoms with Crippen molar-refractivity contribution in [3.63, 3.8) is 0 Å². The van der Waals surface area contributed by atoms with E-state index in [9.17, 15) is 4.79 Å². The molecule has 0 heterocycles. The number of thiol groups is 1. The highest BCUT2D eigenvalue weighted by Crippen LogP contribution is 2.42. The van der Waals surface area contributed by atoms with E-state index < -0.39 is 4.75 Å². The van der Waals surface area contributed by atoms with Gasteiger partial charge >= 0.3 is 5.97 Å². The lowest BCUT2D eigenvalue weighted by Crippen LogP contribution is -2.31. The van der Waals surface area contributed by atoms with Gasteiger partial charge in [0.15, 0.2) is 0 Å². The SMILES string of the molecule is COC(=O)C(C)(S)C1=C(C)Cc2ccccc21. The molecule has 0 spiro atoms. The number of hydrogen-bond acceptors (Lipinski definition) is 3. The number of benzene rings is 1. The van der Waals surface area contributed by atoms with E-state index in [-0.39, 0.29) is 5.97 Å². The van der Waals surface area contributed by atoms with Gasteiger partial charge < -0.3 is 4.74 Å². The van der Waals surface area contributed by atoms with Crippen molar-refractivity contribution >= 4 is 24.2 Å². The first-order chi connectivity index (χ1) is 7.98. The summed E-state index contributed by atoms with van der Waals surface area (Å²) in [7, 11) is 1.40. The monoisotopic (exact) mass is 248 g/mol. The minimum atomic E-state index is -0.883. The van der Waals surface area contributed by atoms with Crippen molar-refractivity contribution in [2.45, 2.75) is 25.0 Å². The second-order valence-corrected chi connectivity index (χ2v) is 5.45. The maximum Gasteiger partial charge on any atom is 0.325 e. The quantitative estimate of drug-likeness (QED) is 0.643. The van der Waals surface area contributed by atoms with Crippen molar-refractivity contribution in [1.29, 1.82) is 0 Å². The van der Waals surface area contributed by atoms with E-state index in [2.05, 4.69) is 18.7 Å². The predicted octanol–water partition coefficient (Wildman–Crippen LogP) is 2.88. The average molecular weight is 248 g/mol. The van der Waals surface area contributed by atoms with Crippen LogP contribution in [0.25, 0.3) is 5.57 Å². The lowest BCUT2D eigenvalue weighted by molar-refractivity contribution is -0.141. The molecule has 0 aromatic heterocycles. The van der Waals surface area contributed by atoms with Gasteiger partial charge in [0.25, 0.3) is 0 Å². The maximum atomic E-state index is 11.8. The van der Waals surface area contributed by atoms with Crippen LogP contribution in [0.5, 0.6) is 0 Å². The molecular formula is C14H16O2S. The van der Waals surface area contributed by atoms with Crippen molar-refractivity contribution < 1.29 is 9.53 Å².